The maximum atomic E-state index is 11.4. The van der Waals surface area contributed by atoms with E-state index in [1.54, 1.807) is 0 Å². The Labute approximate surface area is 98.6 Å². The Balaban J connectivity index is 2.35. The molecule has 1 rings (SSSR count). The minimum atomic E-state index is 0.150. The van der Waals surface area contributed by atoms with Crippen molar-refractivity contribution in [3.63, 3.8) is 0 Å². The van der Waals surface area contributed by atoms with Crippen LogP contribution in [-0.2, 0) is 4.79 Å². The van der Waals surface area contributed by atoms with Crippen molar-refractivity contribution < 1.29 is 4.79 Å². The zero-order valence-corrected chi connectivity index (χ0v) is 10.5. The third-order valence-corrected chi connectivity index (χ3v) is 3.27. The molecule has 16 heavy (non-hydrogen) atoms. The van der Waals surface area contributed by atoms with Crippen LogP contribution in [0.25, 0.3) is 0 Å². The van der Waals surface area contributed by atoms with Gasteiger partial charge in [-0.3, -0.25) is 9.69 Å². The zero-order chi connectivity index (χ0) is 12.0. The van der Waals surface area contributed by atoms with Gasteiger partial charge < -0.3 is 11.1 Å². The minimum absolute atomic E-state index is 0.150. The lowest BCUT2D eigenvalue weighted by Crippen LogP contribution is -2.49. The number of nitrogens with zero attached hydrogens (tertiary/aromatic N) is 1. The average Bonchev–Trinajstić information content (AvgIpc) is 2.27. The summed E-state index contributed by atoms with van der Waals surface area (Å²) in [5.74, 6) is 0.150. The molecular weight excluding hydrogens is 202 g/mol. The van der Waals surface area contributed by atoms with Gasteiger partial charge in [-0.2, -0.15) is 0 Å². The Morgan fingerprint density at radius 1 is 1.56 bits per heavy atom. The fraction of sp³-hybridized carbons (Fsp3) is 0.917. The molecule has 1 amide bonds. The molecule has 0 aliphatic carbocycles. The van der Waals surface area contributed by atoms with E-state index in [0.29, 0.717) is 12.5 Å². The number of nitrogens with one attached hydrogen (secondary N) is 1. The number of likely N-dealkylation sites (tertiary alicyclic amines) is 1. The van der Waals surface area contributed by atoms with Crippen LogP contribution >= 0.6 is 0 Å². The van der Waals surface area contributed by atoms with E-state index in [0.717, 1.165) is 19.6 Å². The van der Waals surface area contributed by atoms with E-state index in [1.165, 1.54) is 19.3 Å². The molecular formula is C12H25N3O. The molecule has 0 aromatic carbocycles. The number of hydrogen-bond donors (Lipinski definition) is 2. The van der Waals surface area contributed by atoms with Crippen LogP contribution in [0.3, 0.4) is 0 Å². The van der Waals surface area contributed by atoms with Crippen molar-refractivity contribution in [1.82, 2.24) is 10.2 Å². The Morgan fingerprint density at radius 2 is 2.31 bits per heavy atom. The molecule has 2 atom stereocenters. The van der Waals surface area contributed by atoms with E-state index >= 15 is 0 Å². The predicted molar refractivity (Wildman–Crippen MR) is 66.2 cm³/mol. The van der Waals surface area contributed by atoms with Gasteiger partial charge in [0.15, 0.2) is 0 Å². The number of carbonyl (C=O) groups is 1. The second-order valence-electron chi connectivity index (χ2n) is 4.66. The van der Waals surface area contributed by atoms with Gasteiger partial charge in [0.2, 0.25) is 5.91 Å². The summed E-state index contributed by atoms with van der Waals surface area (Å²) in [5.41, 5.74) is 5.98. The summed E-state index contributed by atoms with van der Waals surface area (Å²) in [5, 5.41) is 2.83. The molecule has 4 heteroatoms. The monoisotopic (exact) mass is 227 g/mol. The largest absolute Gasteiger partial charge is 0.356 e. The highest BCUT2D eigenvalue weighted by Gasteiger charge is 2.25. The summed E-state index contributed by atoms with van der Waals surface area (Å²) in [4.78, 5) is 13.8. The van der Waals surface area contributed by atoms with Crippen LogP contribution in [0.1, 0.15) is 39.5 Å². The summed E-state index contributed by atoms with van der Waals surface area (Å²) in [7, 11) is 0. The molecule has 94 valence electrons. The van der Waals surface area contributed by atoms with Crippen molar-refractivity contribution >= 4 is 5.91 Å². The van der Waals surface area contributed by atoms with Gasteiger partial charge >= 0.3 is 0 Å². The van der Waals surface area contributed by atoms with E-state index in [4.69, 9.17) is 5.73 Å². The van der Waals surface area contributed by atoms with E-state index in [-0.39, 0.29) is 11.9 Å². The second-order valence-corrected chi connectivity index (χ2v) is 4.66. The molecule has 2 unspecified atom stereocenters. The first-order chi connectivity index (χ1) is 7.65. The Hall–Kier alpha value is -0.610. The van der Waals surface area contributed by atoms with Crippen molar-refractivity contribution in [1.29, 1.82) is 0 Å². The Kier molecular flexibility index (Phi) is 5.77. The summed E-state index contributed by atoms with van der Waals surface area (Å²) in [6.07, 6.45) is 4.27. The van der Waals surface area contributed by atoms with Gasteiger partial charge in [-0.1, -0.05) is 6.42 Å². The van der Waals surface area contributed by atoms with Gasteiger partial charge in [0.05, 0.1) is 0 Å². The quantitative estimate of drug-likeness (QED) is 0.727. The van der Waals surface area contributed by atoms with Crippen molar-refractivity contribution in [2.45, 2.75) is 51.6 Å². The van der Waals surface area contributed by atoms with Crippen LogP contribution in [0.15, 0.2) is 0 Å². The fourth-order valence-electron chi connectivity index (χ4n) is 2.42. The van der Waals surface area contributed by atoms with Gasteiger partial charge in [-0.05, 0) is 33.2 Å². The first-order valence-corrected chi connectivity index (χ1v) is 6.41. The highest BCUT2D eigenvalue weighted by Crippen LogP contribution is 2.18. The normalized spacial score (nSPS) is 24.1. The predicted octanol–water partition coefficient (Wildman–Crippen LogP) is 0.714. The van der Waals surface area contributed by atoms with E-state index < -0.39 is 0 Å². The first-order valence-electron chi connectivity index (χ1n) is 6.41. The van der Waals surface area contributed by atoms with Crippen LogP contribution in [-0.4, -0.2) is 42.5 Å². The number of rotatable bonds is 5. The zero-order valence-electron chi connectivity index (χ0n) is 10.5. The summed E-state index contributed by atoms with van der Waals surface area (Å²) in [6, 6.07) is 0.665. The number of nitrogens with two attached hydrogens (primary N) is 1. The fourth-order valence-corrected chi connectivity index (χ4v) is 2.42. The first kappa shape index (κ1) is 13.5. The molecule has 0 aromatic heterocycles. The molecule has 1 heterocycles. The Bertz CT molecular complexity index is 218. The SMILES string of the molecule is CCNC(=O)CCN1CCCCC1C(C)N. The van der Waals surface area contributed by atoms with Crippen molar-refractivity contribution in [3.05, 3.63) is 0 Å². The summed E-state index contributed by atoms with van der Waals surface area (Å²) in [6.45, 7) is 6.66. The van der Waals surface area contributed by atoms with Gasteiger partial charge in [0.1, 0.15) is 0 Å². The molecule has 0 bridgehead atoms. The molecule has 1 aliphatic rings. The summed E-state index contributed by atoms with van der Waals surface area (Å²) >= 11 is 0. The van der Waals surface area contributed by atoms with E-state index in [2.05, 4.69) is 17.1 Å². The maximum absolute atomic E-state index is 11.4. The van der Waals surface area contributed by atoms with Crippen LogP contribution in [0.2, 0.25) is 0 Å². The van der Waals surface area contributed by atoms with Crippen LogP contribution in [0, 0.1) is 0 Å². The highest BCUT2D eigenvalue weighted by molar-refractivity contribution is 5.75. The minimum Gasteiger partial charge on any atom is -0.356 e. The van der Waals surface area contributed by atoms with Crippen molar-refractivity contribution in [2.24, 2.45) is 5.73 Å². The topological polar surface area (TPSA) is 58.4 Å². The molecule has 1 saturated heterocycles. The second kappa shape index (κ2) is 6.86. The molecule has 0 spiro atoms. The molecule has 4 nitrogen and oxygen atoms in total. The third kappa shape index (κ3) is 4.10. The van der Waals surface area contributed by atoms with Crippen molar-refractivity contribution in [2.75, 3.05) is 19.6 Å². The molecule has 3 N–H and O–H groups in total. The lowest BCUT2D eigenvalue weighted by Gasteiger charge is -2.37. The molecule has 0 aromatic rings. The standard InChI is InChI=1S/C12H25N3O/c1-3-14-12(16)7-9-15-8-5-4-6-11(15)10(2)13/h10-11H,3-9,13H2,1-2H3,(H,14,16). The van der Waals surface area contributed by atoms with E-state index in [9.17, 15) is 4.79 Å². The lowest BCUT2D eigenvalue weighted by atomic mass is 9.97. The van der Waals surface area contributed by atoms with Crippen LogP contribution in [0.5, 0.6) is 0 Å². The highest BCUT2D eigenvalue weighted by atomic mass is 16.1. The van der Waals surface area contributed by atoms with Crippen molar-refractivity contribution in [3.8, 4) is 0 Å². The van der Waals surface area contributed by atoms with Gasteiger partial charge in [-0.15, -0.1) is 0 Å². The molecule has 0 radical (unpaired) electrons. The van der Waals surface area contributed by atoms with Gasteiger partial charge in [0, 0.05) is 31.6 Å². The average molecular weight is 227 g/mol. The molecule has 1 aliphatic heterocycles. The summed E-state index contributed by atoms with van der Waals surface area (Å²) < 4.78 is 0. The number of hydrogen-bond acceptors (Lipinski definition) is 3. The number of carbonyl (C=O) groups excluding carboxylic acids is 1. The molecule has 1 fully saturated rings. The smallest absolute Gasteiger partial charge is 0.221 e. The van der Waals surface area contributed by atoms with Gasteiger partial charge in [0.25, 0.3) is 0 Å². The lowest BCUT2D eigenvalue weighted by molar-refractivity contribution is -0.121. The van der Waals surface area contributed by atoms with E-state index in [1.807, 2.05) is 6.92 Å². The van der Waals surface area contributed by atoms with Gasteiger partial charge in [-0.25, -0.2) is 0 Å². The number of amides is 1. The van der Waals surface area contributed by atoms with Crippen LogP contribution < -0.4 is 11.1 Å². The van der Waals surface area contributed by atoms with Crippen LogP contribution in [0.4, 0.5) is 0 Å². The molecule has 0 saturated carbocycles. The third-order valence-electron chi connectivity index (χ3n) is 3.27. The maximum Gasteiger partial charge on any atom is 0.221 e. The Morgan fingerprint density at radius 3 is 2.94 bits per heavy atom. The number of piperidine rings is 1.